The molecule has 11 N–H and O–H groups in total. The van der Waals surface area contributed by atoms with Gasteiger partial charge >= 0.3 is 6.09 Å². The highest BCUT2D eigenvalue weighted by atomic mass is 16.5. The molecule has 14 nitrogen and oxygen atoms in total. The number of ether oxygens (including phenoxy) is 1. The Labute approximate surface area is 333 Å². The van der Waals surface area contributed by atoms with Crippen molar-refractivity contribution in [1.29, 1.82) is 0 Å². The van der Waals surface area contributed by atoms with Crippen LogP contribution < -0.4 is 33.6 Å². The maximum absolute atomic E-state index is 14.5. The lowest BCUT2D eigenvalue weighted by molar-refractivity contribution is -0.134. The van der Waals surface area contributed by atoms with E-state index in [-0.39, 0.29) is 69.8 Å². The van der Waals surface area contributed by atoms with Gasteiger partial charge in [0.2, 0.25) is 11.8 Å². The van der Waals surface area contributed by atoms with Crippen LogP contribution in [0.25, 0.3) is 0 Å². The predicted molar refractivity (Wildman–Crippen MR) is 215 cm³/mol. The van der Waals surface area contributed by atoms with E-state index < -0.39 is 72.7 Å². The van der Waals surface area contributed by atoms with Crippen LogP contribution in [0.2, 0.25) is 0 Å². The number of aliphatic imine (C=N–C) groups is 1. The van der Waals surface area contributed by atoms with Crippen LogP contribution in [-0.2, 0) is 43.4 Å². The number of guanidine groups is 1. The molecular weight excluding hydrogens is 715 g/mol. The monoisotopic (exact) mass is 774 g/mol. The van der Waals surface area contributed by atoms with Crippen LogP contribution in [0.4, 0.5) is 4.79 Å². The molecule has 0 unspecified atom stereocenters. The number of aromatic hydroxyl groups is 1. The van der Waals surface area contributed by atoms with Crippen LogP contribution in [0.5, 0.6) is 5.75 Å². The number of amides is 3. The number of phenolic OH excluding ortho intramolecular Hbond substituents is 1. The summed E-state index contributed by atoms with van der Waals surface area (Å²) < 4.78 is 30.3. The highest BCUT2D eigenvalue weighted by Crippen LogP contribution is 2.26. The first-order valence-corrected chi connectivity index (χ1v) is 18.6. The van der Waals surface area contributed by atoms with Crippen LogP contribution in [0.15, 0.2) is 77.8 Å². The lowest BCUT2D eigenvalue weighted by Gasteiger charge is -2.25. The Morgan fingerprint density at radius 2 is 1.41 bits per heavy atom. The molecule has 0 radical (unpaired) electrons. The first-order chi connectivity index (χ1) is 27.8. The number of carbonyl (C=O) groups excluding carboxylic acids is 5. The third-order valence-electron chi connectivity index (χ3n) is 9.31. The van der Waals surface area contributed by atoms with E-state index in [0.29, 0.717) is 22.3 Å². The first-order valence-electron chi connectivity index (χ1n) is 20.1. The lowest BCUT2D eigenvalue weighted by atomic mass is 9.86. The van der Waals surface area contributed by atoms with E-state index in [1.807, 2.05) is 6.07 Å². The molecule has 4 atom stereocenters. The van der Waals surface area contributed by atoms with E-state index in [1.165, 1.54) is 12.1 Å². The molecule has 56 heavy (non-hydrogen) atoms. The van der Waals surface area contributed by atoms with Crippen LogP contribution in [-0.4, -0.2) is 65.6 Å². The SMILES string of the molecule is [2H]C([2H])(N)CCC[C@]([2H])(NC(=O)[C@@H](CC(=O)[C@@H](CCCN=C(N)N)NC(=O)OCc1ccccc1)Cc1c(C)cc(O)cc1C)C(=O)C[C@@H](Cc1ccccc1)C(N)=O. The van der Waals surface area contributed by atoms with Gasteiger partial charge in [-0.2, -0.15) is 0 Å². The number of benzene rings is 3. The number of aryl methyl sites for hydroxylation is 2. The minimum atomic E-state index is -2.38. The molecule has 0 saturated carbocycles. The Morgan fingerprint density at radius 3 is 2.00 bits per heavy atom. The van der Waals surface area contributed by atoms with Gasteiger partial charge in [0.05, 0.1) is 13.4 Å². The first kappa shape index (κ1) is 39.9. The summed E-state index contributed by atoms with van der Waals surface area (Å²) in [6, 6.07) is 17.2. The summed E-state index contributed by atoms with van der Waals surface area (Å²) in [5.74, 6) is -5.44. The Hall–Kier alpha value is -5.76. The zero-order valence-corrected chi connectivity index (χ0v) is 32.1. The van der Waals surface area contributed by atoms with Crippen LogP contribution in [0, 0.1) is 25.7 Å². The van der Waals surface area contributed by atoms with Crippen molar-refractivity contribution in [3.05, 3.63) is 101 Å². The van der Waals surface area contributed by atoms with E-state index in [0.717, 1.165) is 5.56 Å². The van der Waals surface area contributed by atoms with Crippen molar-refractivity contribution in [2.75, 3.05) is 13.0 Å². The molecule has 0 fully saturated rings. The second kappa shape index (κ2) is 23.2. The topological polar surface area (TPSA) is 255 Å². The van der Waals surface area contributed by atoms with Crippen molar-refractivity contribution in [2.45, 2.75) is 90.3 Å². The molecule has 302 valence electrons. The lowest BCUT2D eigenvalue weighted by Crippen LogP contribution is -2.47. The molecule has 14 heteroatoms. The second-order valence-electron chi connectivity index (χ2n) is 13.8. The number of nitrogens with two attached hydrogens (primary N) is 4. The van der Waals surface area contributed by atoms with Gasteiger partial charge < -0.3 is 43.4 Å². The largest absolute Gasteiger partial charge is 0.508 e. The molecule has 0 aromatic heterocycles. The molecule has 0 heterocycles. The summed E-state index contributed by atoms with van der Waals surface area (Å²) in [4.78, 5) is 72.3. The zero-order valence-electron chi connectivity index (χ0n) is 35.1. The van der Waals surface area contributed by atoms with E-state index in [2.05, 4.69) is 15.6 Å². The molecule has 3 amide bonds. The Bertz CT molecular complexity index is 1900. The molecule has 3 rings (SSSR count). The normalized spacial score (nSPS) is 14.7. The molecule has 0 aliphatic heterocycles. The van der Waals surface area contributed by atoms with Gasteiger partial charge in [0.25, 0.3) is 0 Å². The van der Waals surface area contributed by atoms with Crippen LogP contribution in [0.3, 0.4) is 0 Å². The molecule has 0 aliphatic carbocycles. The van der Waals surface area contributed by atoms with Gasteiger partial charge in [0, 0.05) is 34.0 Å². The van der Waals surface area contributed by atoms with Gasteiger partial charge in [-0.3, -0.25) is 24.2 Å². The van der Waals surface area contributed by atoms with Gasteiger partial charge in [-0.15, -0.1) is 0 Å². The summed E-state index contributed by atoms with van der Waals surface area (Å²) >= 11 is 0. The fourth-order valence-electron chi connectivity index (χ4n) is 6.31. The number of ketones is 2. The number of rotatable bonds is 24. The van der Waals surface area contributed by atoms with Crippen LogP contribution >= 0.6 is 0 Å². The van der Waals surface area contributed by atoms with Gasteiger partial charge in [0.15, 0.2) is 17.5 Å². The molecule has 0 bridgehead atoms. The van der Waals surface area contributed by atoms with Gasteiger partial charge in [-0.05, 0) is 105 Å². The number of nitrogens with one attached hydrogen (secondary N) is 2. The molecular formula is C42H57N7O7. The minimum absolute atomic E-state index is 0.00470. The predicted octanol–water partition coefficient (Wildman–Crippen LogP) is 3.39. The highest BCUT2D eigenvalue weighted by Gasteiger charge is 2.32. The van der Waals surface area contributed by atoms with E-state index in [1.54, 1.807) is 68.4 Å². The molecule has 0 spiro atoms. The quantitative estimate of drug-likeness (QED) is 0.0397. The third-order valence-corrected chi connectivity index (χ3v) is 9.31. The van der Waals surface area contributed by atoms with Crippen LogP contribution in [0.1, 0.15) is 76.9 Å². The van der Waals surface area contributed by atoms with Crippen molar-refractivity contribution in [3.63, 3.8) is 0 Å². The summed E-state index contributed by atoms with van der Waals surface area (Å²) in [5.41, 5.74) is 25.5. The fraction of sp³-hybridized carbons (Fsp3) is 0.429. The number of primary amides is 1. The Balaban J connectivity index is 1.97. The van der Waals surface area contributed by atoms with Gasteiger partial charge in [-0.1, -0.05) is 60.7 Å². The van der Waals surface area contributed by atoms with Crippen molar-refractivity contribution in [3.8, 4) is 5.75 Å². The van der Waals surface area contributed by atoms with Crippen molar-refractivity contribution < 1.29 is 37.9 Å². The number of hydrogen-bond acceptors (Lipinski definition) is 9. The summed E-state index contributed by atoms with van der Waals surface area (Å²) in [5, 5.41) is 15.4. The van der Waals surface area contributed by atoms with E-state index >= 15 is 0 Å². The summed E-state index contributed by atoms with van der Waals surface area (Å²) in [6.07, 6.45) is -2.20. The van der Waals surface area contributed by atoms with Crippen molar-refractivity contribution in [2.24, 2.45) is 39.8 Å². The summed E-state index contributed by atoms with van der Waals surface area (Å²) in [6.45, 7) is 1.39. The number of hydrogen-bond donors (Lipinski definition) is 7. The Kier molecular flexibility index (Phi) is 16.6. The molecule has 3 aromatic carbocycles. The minimum Gasteiger partial charge on any atom is -0.508 e. The Morgan fingerprint density at radius 1 is 0.804 bits per heavy atom. The van der Waals surface area contributed by atoms with Gasteiger partial charge in [0.1, 0.15) is 12.4 Å². The van der Waals surface area contributed by atoms with Crippen molar-refractivity contribution >= 4 is 35.4 Å². The zero-order chi connectivity index (χ0) is 43.8. The van der Waals surface area contributed by atoms with Crippen molar-refractivity contribution in [1.82, 2.24) is 10.6 Å². The number of alkyl carbamates (subject to hydrolysis) is 1. The third kappa shape index (κ3) is 15.5. The average molecular weight is 775 g/mol. The standard InChI is InChI=1S/C42H57N7O7/c1-27-20-33(50)21-28(2)34(27)23-32(25-38(52)36(17-11-19-47-41(45)46)49-42(55)56-26-30-14-7-4-8-15-30)40(54)48-35(16-9-10-18-43)37(51)24-31(39(44)53)22-29-12-5-3-6-13-29/h3-8,12-15,20-21,31-32,35-36,50H,9-11,16-19,22-26,43H2,1-2H3,(H2,44,53)(H,48,54)(H,49,55)(H4,45,46,47)/t31-,32-,35+,36-/m1/s1/i18D2,35D. The number of carbonyl (C=O) groups is 5. The van der Waals surface area contributed by atoms with Gasteiger partial charge in [-0.25, -0.2) is 4.79 Å². The fourth-order valence-corrected chi connectivity index (χ4v) is 6.31. The smallest absolute Gasteiger partial charge is 0.408 e. The number of nitrogens with zero attached hydrogens (tertiary/aromatic N) is 1. The second-order valence-corrected chi connectivity index (χ2v) is 13.8. The molecule has 3 aromatic rings. The van der Waals surface area contributed by atoms with E-state index in [9.17, 15) is 30.4 Å². The number of phenols is 1. The maximum Gasteiger partial charge on any atom is 0.408 e. The molecule has 0 saturated heterocycles. The highest BCUT2D eigenvalue weighted by molar-refractivity contribution is 5.95. The number of Topliss-reactive ketones (excluding diaryl/α,β-unsaturated/α-hetero) is 2. The average Bonchev–Trinajstić information content (AvgIpc) is 3.15. The maximum atomic E-state index is 14.5. The van der Waals surface area contributed by atoms with E-state index in [4.69, 9.17) is 30.4 Å². The molecule has 0 aliphatic rings. The summed E-state index contributed by atoms with van der Waals surface area (Å²) in [7, 11) is 0.